The van der Waals surface area contributed by atoms with Crippen LogP contribution in [0.2, 0.25) is 5.02 Å². The molecule has 2 aromatic rings. The van der Waals surface area contributed by atoms with Crippen molar-refractivity contribution in [2.45, 2.75) is 38.5 Å². The number of methoxy groups -OCH3 is 2. The number of allylic oxidation sites excluding steroid dienone is 3. The van der Waals surface area contributed by atoms with Gasteiger partial charge in [0.25, 0.3) is 0 Å². The molecule has 0 amide bonds. The lowest BCUT2D eigenvalue weighted by Gasteiger charge is -2.37. The average Bonchev–Trinajstić information content (AvgIpc) is 2.83. The SMILES string of the molecule is CCOC(=O)C1=C(C)NC2=C(C(=O)C[C@@H](c3ccc(OC)c(OC)c3)C2)[C@H]1c1ccccc1Cl. The molecule has 0 radical (unpaired) electrons. The number of ether oxygens (including phenoxy) is 3. The van der Waals surface area contributed by atoms with E-state index in [9.17, 15) is 9.59 Å². The molecule has 0 bridgehead atoms. The standard InChI is InChI=1S/C27H28ClNO5/c1-5-34-27(31)24-15(2)29-20-12-17(16-10-11-22(32-3)23(14-16)33-4)13-21(30)26(20)25(24)18-8-6-7-9-19(18)28/h6-11,14,17,25,29H,5,12-13H2,1-4H3/t17-,25-/m0/s1. The van der Waals surface area contributed by atoms with Gasteiger partial charge in [0.2, 0.25) is 0 Å². The van der Waals surface area contributed by atoms with E-state index in [0.29, 0.717) is 46.2 Å². The molecule has 0 unspecified atom stereocenters. The molecule has 0 saturated carbocycles. The number of ketones is 1. The van der Waals surface area contributed by atoms with Gasteiger partial charge in [-0.15, -0.1) is 0 Å². The summed E-state index contributed by atoms with van der Waals surface area (Å²) in [5.41, 5.74) is 4.20. The zero-order valence-electron chi connectivity index (χ0n) is 19.7. The first-order valence-electron chi connectivity index (χ1n) is 11.3. The number of benzene rings is 2. The van der Waals surface area contributed by atoms with E-state index in [1.54, 1.807) is 27.2 Å². The first-order valence-corrected chi connectivity index (χ1v) is 11.6. The van der Waals surface area contributed by atoms with Crippen molar-refractivity contribution in [1.29, 1.82) is 0 Å². The van der Waals surface area contributed by atoms with Crippen molar-refractivity contribution in [1.82, 2.24) is 5.32 Å². The summed E-state index contributed by atoms with van der Waals surface area (Å²) in [6.45, 7) is 3.84. The molecule has 178 valence electrons. The van der Waals surface area contributed by atoms with Gasteiger partial charge in [-0.25, -0.2) is 4.79 Å². The molecule has 7 heteroatoms. The highest BCUT2D eigenvalue weighted by atomic mass is 35.5. The molecular formula is C27H28ClNO5. The molecular weight excluding hydrogens is 454 g/mol. The van der Waals surface area contributed by atoms with E-state index in [-0.39, 0.29) is 18.3 Å². The zero-order valence-corrected chi connectivity index (χ0v) is 20.5. The van der Waals surface area contributed by atoms with E-state index >= 15 is 0 Å². The minimum absolute atomic E-state index is 0.0206. The summed E-state index contributed by atoms with van der Waals surface area (Å²) in [6, 6.07) is 13.1. The summed E-state index contributed by atoms with van der Waals surface area (Å²) in [6.07, 6.45) is 0.928. The van der Waals surface area contributed by atoms with E-state index in [0.717, 1.165) is 16.8 Å². The van der Waals surface area contributed by atoms with Crippen LogP contribution in [0.25, 0.3) is 0 Å². The maximum atomic E-state index is 13.6. The monoisotopic (exact) mass is 481 g/mol. The number of hydrogen-bond donors (Lipinski definition) is 1. The Morgan fingerprint density at radius 3 is 2.50 bits per heavy atom. The van der Waals surface area contributed by atoms with Crippen LogP contribution in [0.4, 0.5) is 0 Å². The number of halogens is 1. The Kier molecular flexibility index (Phi) is 6.98. The van der Waals surface area contributed by atoms with Gasteiger partial charge in [-0.3, -0.25) is 4.79 Å². The molecule has 2 aromatic carbocycles. The van der Waals surface area contributed by atoms with E-state index in [1.165, 1.54) is 0 Å². The fourth-order valence-corrected chi connectivity index (χ4v) is 5.13. The number of dihydropyridines is 1. The molecule has 2 aliphatic rings. The van der Waals surface area contributed by atoms with E-state index < -0.39 is 11.9 Å². The third-order valence-electron chi connectivity index (χ3n) is 6.42. The van der Waals surface area contributed by atoms with Gasteiger partial charge in [0.1, 0.15) is 0 Å². The second kappa shape index (κ2) is 9.94. The number of Topliss-reactive ketones (excluding diaryl/α,β-unsaturated/α-hetero) is 1. The summed E-state index contributed by atoms with van der Waals surface area (Å²) in [4.78, 5) is 26.6. The van der Waals surface area contributed by atoms with E-state index in [2.05, 4.69) is 5.32 Å². The zero-order chi connectivity index (χ0) is 24.4. The molecule has 0 spiro atoms. The molecule has 6 nitrogen and oxygen atoms in total. The van der Waals surface area contributed by atoms with Crippen LogP contribution in [0, 0.1) is 0 Å². The summed E-state index contributed by atoms with van der Waals surface area (Å²) in [7, 11) is 3.19. The topological polar surface area (TPSA) is 73.9 Å². The molecule has 4 rings (SSSR count). The maximum Gasteiger partial charge on any atom is 0.336 e. The highest BCUT2D eigenvalue weighted by molar-refractivity contribution is 6.31. The predicted molar refractivity (Wildman–Crippen MR) is 130 cm³/mol. The summed E-state index contributed by atoms with van der Waals surface area (Å²) in [5.74, 6) is 0.177. The molecule has 1 heterocycles. The largest absolute Gasteiger partial charge is 0.493 e. The molecule has 1 aliphatic carbocycles. The van der Waals surface area contributed by atoms with Crippen LogP contribution in [-0.2, 0) is 14.3 Å². The number of hydrogen-bond acceptors (Lipinski definition) is 6. The minimum atomic E-state index is -0.581. The number of carbonyl (C=O) groups is 2. The quantitative estimate of drug-likeness (QED) is 0.566. The molecule has 0 aromatic heterocycles. The first kappa shape index (κ1) is 23.9. The number of nitrogens with one attached hydrogen (secondary N) is 1. The van der Waals surface area contributed by atoms with Gasteiger partial charge in [-0.1, -0.05) is 35.9 Å². The number of carbonyl (C=O) groups excluding carboxylic acids is 2. The second-order valence-corrected chi connectivity index (χ2v) is 8.78. The molecule has 1 aliphatic heterocycles. The van der Waals surface area contributed by atoms with Crippen LogP contribution < -0.4 is 14.8 Å². The van der Waals surface area contributed by atoms with Crippen molar-refractivity contribution in [3.63, 3.8) is 0 Å². The number of rotatable bonds is 6. The Bertz CT molecular complexity index is 1200. The van der Waals surface area contributed by atoms with Gasteiger partial charge in [0, 0.05) is 34.3 Å². The fraction of sp³-hybridized carbons (Fsp3) is 0.333. The minimum Gasteiger partial charge on any atom is -0.493 e. The van der Waals surface area contributed by atoms with Crippen molar-refractivity contribution in [2.24, 2.45) is 0 Å². The average molecular weight is 482 g/mol. The van der Waals surface area contributed by atoms with Crippen LogP contribution >= 0.6 is 11.6 Å². The third-order valence-corrected chi connectivity index (χ3v) is 6.76. The summed E-state index contributed by atoms with van der Waals surface area (Å²) < 4.78 is 16.2. The van der Waals surface area contributed by atoms with Crippen LogP contribution in [0.1, 0.15) is 49.7 Å². The van der Waals surface area contributed by atoms with Crippen molar-refractivity contribution < 1.29 is 23.8 Å². The smallest absolute Gasteiger partial charge is 0.336 e. The molecule has 0 fully saturated rings. The van der Waals surface area contributed by atoms with Crippen LogP contribution in [0.15, 0.2) is 65.0 Å². The Morgan fingerprint density at radius 1 is 1.09 bits per heavy atom. The van der Waals surface area contributed by atoms with Gasteiger partial charge in [0.05, 0.1) is 26.4 Å². The Hall–Kier alpha value is -3.25. The van der Waals surface area contributed by atoms with Gasteiger partial charge >= 0.3 is 5.97 Å². The molecule has 1 N–H and O–H groups in total. The van der Waals surface area contributed by atoms with Crippen LogP contribution in [0.5, 0.6) is 11.5 Å². The summed E-state index contributed by atoms with van der Waals surface area (Å²) in [5, 5.41) is 3.85. The lowest BCUT2D eigenvalue weighted by Crippen LogP contribution is -2.36. The third kappa shape index (κ3) is 4.30. The molecule has 0 saturated heterocycles. The van der Waals surface area contributed by atoms with E-state index in [4.69, 9.17) is 25.8 Å². The van der Waals surface area contributed by atoms with Gasteiger partial charge in [-0.2, -0.15) is 0 Å². The van der Waals surface area contributed by atoms with Crippen molar-refractivity contribution in [2.75, 3.05) is 20.8 Å². The number of esters is 1. The normalized spacial score (nSPS) is 20.0. The van der Waals surface area contributed by atoms with Crippen molar-refractivity contribution in [3.8, 4) is 11.5 Å². The summed E-state index contributed by atoms with van der Waals surface area (Å²) >= 11 is 6.56. The van der Waals surface area contributed by atoms with Crippen LogP contribution in [-0.4, -0.2) is 32.6 Å². The maximum absolute atomic E-state index is 13.6. The Morgan fingerprint density at radius 2 is 1.82 bits per heavy atom. The fourth-order valence-electron chi connectivity index (χ4n) is 4.88. The lowest BCUT2D eigenvalue weighted by atomic mass is 9.71. The second-order valence-electron chi connectivity index (χ2n) is 8.37. The van der Waals surface area contributed by atoms with Gasteiger partial charge in [-0.05, 0) is 55.5 Å². The highest BCUT2D eigenvalue weighted by Gasteiger charge is 2.42. The Balaban J connectivity index is 1.79. The highest BCUT2D eigenvalue weighted by Crippen LogP contribution is 2.47. The predicted octanol–water partition coefficient (Wildman–Crippen LogP) is 5.28. The van der Waals surface area contributed by atoms with Gasteiger partial charge in [0.15, 0.2) is 17.3 Å². The van der Waals surface area contributed by atoms with Crippen molar-refractivity contribution >= 4 is 23.4 Å². The van der Waals surface area contributed by atoms with Gasteiger partial charge < -0.3 is 19.5 Å². The molecule has 34 heavy (non-hydrogen) atoms. The first-order chi connectivity index (χ1) is 16.4. The Labute approximate surface area is 204 Å². The molecule has 2 atom stereocenters. The van der Waals surface area contributed by atoms with E-state index in [1.807, 2.05) is 43.3 Å². The van der Waals surface area contributed by atoms with Crippen molar-refractivity contribution in [3.05, 3.63) is 81.2 Å². The van der Waals surface area contributed by atoms with Crippen LogP contribution in [0.3, 0.4) is 0 Å². The lowest BCUT2D eigenvalue weighted by molar-refractivity contribution is -0.138.